The van der Waals surface area contributed by atoms with Crippen molar-refractivity contribution in [2.75, 3.05) is 13.1 Å². The third-order valence-corrected chi connectivity index (χ3v) is 6.52. The second-order valence-corrected chi connectivity index (χ2v) is 8.98. The van der Waals surface area contributed by atoms with Gasteiger partial charge in [-0.3, -0.25) is 18.7 Å². The summed E-state index contributed by atoms with van der Waals surface area (Å²) in [7, 11) is 1.56. The zero-order chi connectivity index (χ0) is 24.7. The van der Waals surface area contributed by atoms with Crippen molar-refractivity contribution in [2.24, 2.45) is 7.05 Å². The molecule has 0 N–H and O–H groups in total. The number of likely N-dealkylation sites (tertiary alicyclic amines) is 1. The van der Waals surface area contributed by atoms with E-state index in [9.17, 15) is 14.4 Å². The summed E-state index contributed by atoms with van der Waals surface area (Å²) in [5.41, 5.74) is 1.26. The predicted octanol–water partition coefficient (Wildman–Crippen LogP) is 3.04. The van der Waals surface area contributed by atoms with Crippen LogP contribution in [0.5, 0.6) is 0 Å². The number of fused-ring (bicyclic) bond motifs is 1. The molecule has 1 fully saturated rings. The van der Waals surface area contributed by atoms with Crippen molar-refractivity contribution in [1.29, 1.82) is 0 Å². The molecular weight excluding hydrogens is 446 g/mol. The lowest BCUT2D eigenvalue weighted by Crippen LogP contribution is -2.42. The first-order valence-corrected chi connectivity index (χ1v) is 11.8. The first-order chi connectivity index (χ1) is 16.8. The van der Waals surface area contributed by atoms with Crippen LogP contribution in [0.2, 0.25) is 0 Å². The standard InChI is InChI=1S/C26H27N5O4/c1-16-14-19(24(32)30-12-8-5-9-13-30)21-22(27-16)29(3)26(34)31(25(21)33)15-20-17(2)35-23(28-20)18-10-6-4-7-11-18/h4,6-7,10-11,14H,5,8-9,12-13,15H2,1-3H3. The van der Waals surface area contributed by atoms with E-state index in [2.05, 4.69) is 9.97 Å². The molecule has 0 bridgehead atoms. The van der Waals surface area contributed by atoms with Crippen LogP contribution in [0.4, 0.5) is 0 Å². The summed E-state index contributed by atoms with van der Waals surface area (Å²) in [6, 6.07) is 11.1. The molecule has 1 amide bonds. The van der Waals surface area contributed by atoms with Crippen molar-refractivity contribution in [3.8, 4) is 11.5 Å². The highest BCUT2D eigenvalue weighted by Crippen LogP contribution is 2.22. The number of amides is 1. The van der Waals surface area contributed by atoms with E-state index in [0.29, 0.717) is 36.1 Å². The lowest BCUT2D eigenvalue weighted by molar-refractivity contribution is 0.0726. The molecule has 5 rings (SSSR count). The van der Waals surface area contributed by atoms with E-state index < -0.39 is 11.2 Å². The molecule has 1 aromatic carbocycles. The number of carbonyl (C=O) groups is 1. The minimum atomic E-state index is -0.556. The molecule has 1 aliphatic heterocycles. The smallest absolute Gasteiger partial charge is 0.332 e. The lowest BCUT2D eigenvalue weighted by atomic mass is 10.1. The molecule has 0 spiro atoms. The Morgan fingerprint density at radius 1 is 1.03 bits per heavy atom. The summed E-state index contributed by atoms with van der Waals surface area (Å²) in [6.45, 7) is 4.74. The van der Waals surface area contributed by atoms with Crippen LogP contribution >= 0.6 is 0 Å². The van der Waals surface area contributed by atoms with Crippen LogP contribution in [0.1, 0.15) is 46.8 Å². The number of aromatic nitrogens is 4. The molecule has 1 saturated heterocycles. The number of aryl methyl sites for hydroxylation is 3. The van der Waals surface area contributed by atoms with Gasteiger partial charge in [0.1, 0.15) is 17.1 Å². The maximum absolute atomic E-state index is 13.7. The summed E-state index contributed by atoms with van der Waals surface area (Å²) in [5.74, 6) is 0.734. The molecule has 4 heterocycles. The van der Waals surface area contributed by atoms with Crippen LogP contribution in [0.3, 0.4) is 0 Å². The van der Waals surface area contributed by atoms with Gasteiger partial charge in [0.2, 0.25) is 5.89 Å². The number of hydrogen-bond acceptors (Lipinski definition) is 6. The van der Waals surface area contributed by atoms with Gasteiger partial charge in [-0.05, 0) is 51.3 Å². The molecule has 180 valence electrons. The summed E-state index contributed by atoms with van der Waals surface area (Å²) < 4.78 is 8.25. The van der Waals surface area contributed by atoms with Crippen LogP contribution in [0, 0.1) is 13.8 Å². The monoisotopic (exact) mass is 473 g/mol. The van der Waals surface area contributed by atoms with Gasteiger partial charge in [-0.25, -0.2) is 14.8 Å². The first kappa shape index (κ1) is 22.8. The quantitative estimate of drug-likeness (QED) is 0.451. The molecule has 0 saturated carbocycles. The van der Waals surface area contributed by atoms with Gasteiger partial charge < -0.3 is 9.32 Å². The predicted molar refractivity (Wildman–Crippen MR) is 132 cm³/mol. The van der Waals surface area contributed by atoms with Gasteiger partial charge in [0.05, 0.1) is 17.5 Å². The number of piperidine rings is 1. The fourth-order valence-electron chi connectivity index (χ4n) is 4.61. The topological polar surface area (TPSA) is 103 Å². The van der Waals surface area contributed by atoms with E-state index in [-0.39, 0.29) is 29.0 Å². The molecule has 0 unspecified atom stereocenters. The Hall–Kier alpha value is -4.01. The third-order valence-electron chi connectivity index (χ3n) is 6.52. The Kier molecular flexibility index (Phi) is 5.84. The van der Waals surface area contributed by atoms with Crippen LogP contribution in [-0.2, 0) is 13.6 Å². The largest absolute Gasteiger partial charge is 0.441 e. The number of hydrogen-bond donors (Lipinski definition) is 0. The minimum Gasteiger partial charge on any atom is -0.441 e. The average molecular weight is 474 g/mol. The Balaban J connectivity index is 1.64. The van der Waals surface area contributed by atoms with E-state index in [0.717, 1.165) is 29.4 Å². The van der Waals surface area contributed by atoms with Crippen molar-refractivity contribution < 1.29 is 9.21 Å². The van der Waals surface area contributed by atoms with Gasteiger partial charge in [-0.15, -0.1) is 0 Å². The van der Waals surface area contributed by atoms with E-state index >= 15 is 0 Å². The maximum atomic E-state index is 13.7. The highest BCUT2D eigenvalue weighted by Gasteiger charge is 2.25. The molecule has 4 aromatic rings. The minimum absolute atomic E-state index is 0.0746. The van der Waals surface area contributed by atoms with Crippen molar-refractivity contribution in [2.45, 2.75) is 39.7 Å². The zero-order valence-electron chi connectivity index (χ0n) is 20.1. The molecule has 3 aromatic heterocycles. The van der Waals surface area contributed by atoms with E-state index in [1.54, 1.807) is 31.9 Å². The molecule has 35 heavy (non-hydrogen) atoms. The summed E-state index contributed by atoms with van der Waals surface area (Å²) in [6.07, 6.45) is 2.96. The fourth-order valence-corrected chi connectivity index (χ4v) is 4.61. The third kappa shape index (κ3) is 4.07. The van der Waals surface area contributed by atoms with Gasteiger partial charge >= 0.3 is 5.69 Å². The Bertz CT molecular complexity index is 1540. The number of carbonyl (C=O) groups excluding carboxylic acids is 1. The molecular formula is C26H27N5O4. The van der Waals surface area contributed by atoms with Crippen LogP contribution in [0.25, 0.3) is 22.5 Å². The highest BCUT2D eigenvalue weighted by molar-refractivity contribution is 6.05. The van der Waals surface area contributed by atoms with Crippen molar-refractivity contribution in [1.82, 2.24) is 24.0 Å². The number of oxazole rings is 1. The fraction of sp³-hybridized carbons (Fsp3) is 0.346. The summed E-state index contributed by atoms with van der Waals surface area (Å²) in [4.78, 5) is 51.1. The number of nitrogens with zero attached hydrogens (tertiary/aromatic N) is 5. The molecule has 1 aliphatic rings. The Morgan fingerprint density at radius 3 is 2.46 bits per heavy atom. The zero-order valence-corrected chi connectivity index (χ0v) is 20.1. The molecule has 9 nitrogen and oxygen atoms in total. The Labute approximate surface area is 201 Å². The molecule has 0 radical (unpaired) electrons. The maximum Gasteiger partial charge on any atom is 0.332 e. The first-order valence-electron chi connectivity index (χ1n) is 11.8. The second kappa shape index (κ2) is 8.98. The van der Waals surface area contributed by atoms with Gasteiger partial charge in [0.25, 0.3) is 11.5 Å². The summed E-state index contributed by atoms with van der Waals surface area (Å²) in [5, 5.41) is 0.151. The molecule has 0 aliphatic carbocycles. The molecule has 0 atom stereocenters. The average Bonchev–Trinajstić information content (AvgIpc) is 3.25. The Morgan fingerprint density at radius 2 is 1.74 bits per heavy atom. The second-order valence-electron chi connectivity index (χ2n) is 8.98. The van der Waals surface area contributed by atoms with Crippen molar-refractivity contribution in [3.05, 3.63) is 79.9 Å². The lowest BCUT2D eigenvalue weighted by Gasteiger charge is -2.27. The van der Waals surface area contributed by atoms with Gasteiger partial charge in [0, 0.05) is 31.4 Å². The van der Waals surface area contributed by atoms with E-state index in [1.807, 2.05) is 30.3 Å². The van der Waals surface area contributed by atoms with Gasteiger partial charge in [0.15, 0.2) is 0 Å². The van der Waals surface area contributed by atoms with E-state index in [4.69, 9.17) is 4.42 Å². The van der Waals surface area contributed by atoms with Gasteiger partial charge in [-0.2, -0.15) is 0 Å². The van der Waals surface area contributed by atoms with Crippen molar-refractivity contribution >= 4 is 16.9 Å². The molecule has 9 heteroatoms. The highest BCUT2D eigenvalue weighted by atomic mass is 16.4. The van der Waals surface area contributed by atoms with E-state index in [1.165, 1.54) is 4.57 Å². The number of benzene rings is 1. The number of pyridine rings is 1. The van der Waals surface area contributed by atoms with Crippen LogP contribution in [0.15, 0.2) is 50.4 Å². The summed E-state index contributed by atoms with van der Waals surface area (Å²) >= 11 is 0. The van der Waals surface area contributed by atoms with Crippen LogP contribution in [-0.4, -0.2) is 43.0 Å². The van der Waals surface area contributed by atoms with Crippen molar-refractivity contribution in [3.63, 3.8) is 0 Å². The number of rotatable bonds is 4. The normalized spacial score (nSPS) is 14.0. The van der Waals surface area contributed by atoms with Crippen LogP contribution < -0.4 is 11.2 Å². The van der Waals surface area contributed by atoms with Gasteiger partial charge in [-0.1, -0.05) is 18.2 Å². The SMILES string of the molecule is Cc1cc(C(=O)N2CCCCC2)c2c(=O)n(Cc3nc(-c4ccccc4)oc3C)c(=O)n(C)c2n1.